The minimum atomic E-state index is -0.215. The van der Waals surface area contributed by atoms with Gasteiger partial charge in [0.15, 0.2) is 0 Å². The van der Waals surface area contributed by atoms with E-state index in [1.807, 2.05) is 36.4 Å². The maximum Gasteiger partial charge on any atom is 0.309 e. The summed E-state index contributed by atoms with van der Waals surface area (Å²) in [6.07, 6.45) is 0.310. The number of rotatable bonds is 2. The number of carbonyl (C=O) groups is 1. The third-order valence-corrected chi connectivity index (χ3v) is 3.22. The van der Waals surface area contributed by atoms with Gasteiger partial charge in [-0.2, -0.15) is 0 Å². The standard InChI is InChI=1S/C13H11BrO2/c1-16-13(15)8-9-6-7-12(14)11-5-3-2-4-10(9)11/h2-7H,8H2,1H3. The van der Waals surface area contributed by atoms with Crippen molar-refractivity contribution in [2.45, 2.75) is 6.42 Å². The topological polar surface area (TPSA) is 26.3 Å². The molecule has 0 atom stereocenters. The minimum absolute atomic E-state index is 0.215. The average Bonchev–Trinajstić information content (AvgIpc) is 2.33. The van der Waals surface area contributed by atoms with E-state index < -0.39 is 0 Å². The van der Waals surface area contributed by atoms with Gasteiger partial charge in [-0.3, -0.25) is 4.79 Å². The Labute approximate surface area is 102 Å². The van der Waals surface area contributed by atoms with Crippen LogP contribution in [0.4, 0.5) is 0 Å². The number of benzene rings is 2. The van der Waals surface area contributed by atoms with Crippen molar-refractivity contribution in [3.8, 4) is 0 Å². The predicted molar refractivity (Wildman–Crippen MR) is 67.4 cm³/mol. The summed E-state index contributed by atoms with van der Waals surface area (Å²) in [5, 5.41) is 2.20. The molecule has 0 bridgehead atoms. The van der Waals surface area contributed by atoms with Gasteiger partial charge in [-0.15, -0.1) is 0 Å². The van der Waals surface area contributed by atoms with Crippen molar-refractivity contribution in [3.63, 3.8) is 0 Å². The first kappa shape index (κ1) is 11.1. The van der Waals surface area contributed by atoms with Crippen LogP contribution in [0, 0.1) is 0 Å². The zero-order chi connectivity index (χ0) is 11.5. The first-order chi connectivity index (χ1) is 7.72. The number of esters is 1. The Bertz CT molecular complexity index is 534. The number of carbonyl (C=O) groups excluding carboxylic acids is 1. The molecule has 0 spiro atoms. The molecule has 0 heterocycles. The van der Waals surface area contributed by atoms with E-state index in [9.17, 15) is 4.79 Å². The molecule has 0 aromatic heterocycles. The molecular formula is C13H11BrO2. The van der Waals surface area contributed by atoms with Crippen molar-refractivity contribution in [1.29, 1.82) is 0 Å². The molecule has 0 saturated carbocycles. The van der Waals surface area contributed by atoms with Crippen LogP contribution in [0.2, 0.25) is 0 Å². The molecule has 0 fully saturated rings. The summed E-state index contributed by atoms with van der Waals surface area (Å²) in [5.74, 6) is -0.215. The number of ether oxygens (including phenoxy) is 1. The van der Waals surface area contributed by atoms with Crippen LogP contribution in [-0.4, -0.2) is 13.1 Å². The van der Waals surface area contributed by atoms with Gasteiger partial charge in [-0.1, -0.05) is 46.3 Å². The first-order valence-corrected chi connectivity index (χ1v) is 5.74. The van der Waals surface area contributed by atoms with Crippen molar-refractivity contribution in [3.05, 3.63) is 46.4 Å². The highest BCUT2D eigenvalue weighted by atomic mass is 79.9. The Balaban J connectivity index is 2.54. The summed E-state index contributed by atoms with van der Waals surface area (Å²) in [6, 6.07) is 11.9. The fraction of sp³-hybridized carbons (Fsp3) is 0.154. The minimum Gasteiger partial charge on any atom is -0.469 e. The van der Waals surface area contributed by atoms with Crippen molar-refractivity contribution in [1.82, 2.24) is 0 Å². The Kier molecular flexibility index (Phi) is 3.25. The highest BCUT2D eigenvalue weighted by Crippen LogP contribution is 2.27. The molecule has 3 heteroatoms. The van der Waals surface area contributed by atoms with Crippen LogP contribution < -0.4 is 0 Å². The normalized spacial score (nSPS) is 10.4. The molecule has 16 heavy (non-hydrogen) atoms. The van der Waals surface area contributed by atoms with E-state index in [1.54, 1.807) is 0 Å². The Morgan fingerprint density at radius 2 is 1.88 bits per heavy atom. The molecule has 2 rings (SSSR count). The van der Waals surface area contributed by atoms with E-state index in [0.717, 1.165) is 20.8 Å². The van der Waals surface area contributed by atoms with Crippen LogP contribution in [0.1, 0.15) is 5.56 Å². The lowest BCUT2D eigenvalue weighted by molar-refractivity contribution is -0.139. The molecular weight excluding hydrogens is 268 g/mol. The van der Waals surface area contributed by atoms with E-state index in [2.05, 4.69) is 20.7 Å². The molecule has 2 aromatic carbocycles. The summed E-state index contributed by atoms with van der Waals surface area (Å²) < 4.78 is 5.72. The van der Waals surface area contributed by atoms with Crippen LogP contribution >= 0.6 is 15.9 Å². The van der Waals surface area contributed by atoms with E-state index in [1.165, 1.54) is 7.11 Å². The van der Waals surface area contributed by atoms with Gasteiger partial charge in [0.2, 0.25) is 0 Å². The van der Waals surface area contributed by atoms with Gasteiger partial charge in [0.1, 0.15) is 0 Å². The van der Waals surface area contributed by atoms with E-state index in [0.29, 0.717) is 6.42 Å². The molecule has 0 radical (unpaired) electrons. The molecule has 2 aromatic rings. The largest absolute Gasteiger partial charge is 0.469 e. The molecule has 0 aliphatic carbocycles. The lowest BCUT2D eigenvalue weighted by atomic mass is 10.0. The summed E-state index contributed by atoms with van der Waals surface area (Å²) in [7, 11) is 1.41. The SMILES string of the molecule is COC(=O)Cc1ccc(Br)c2ccccc12. The number of methoxy groups -OCH3 is 1. The predicted octanol–water partition coefficient (Wildman–Crippen LogP) is 3.32. The third-order valence-electron chi connectivity index (χ3n) is 2.52. The molecule has 0 aliphatic heterocycles. The number of fused-ring (bicyclic) bond motifs is 1. The second-order valence-corrected chi connectivity index (χ2v) is 4.36. The molecule has 0 amide bonds. The van der Waals surface area contributed by atoms with Gasteiger partial charge < -0.3 is 4.74 Å². The van der Waals surface area contributed by atoms with Crippen molar-refractivity contribution < 1.29 is 9.53 Å². The molecule has 0 N–H and O–H groups in total. The average molecular weight is 279 g/mol. The van der Waals surface area contributed by atoms with Gasteiger partial charge in [-0.05, 0) is 22.4 Å². The van der Waals surface area contributed by atoms with E-state index >= 15 is 0 Å². The lowest BCUT2D eigenvalue weighted by Gasteiger charge is -2.07. The summed E-state index contributed by atoms with van der Waals surface area (Å²) in [4.78, 5) is 11.3. The van der Waals surface area contributed by atoms with Crippen molar-refractivity contribution >= 4 is 32.7 Å². The van der Waals surface area contributed by atoms with Crippen LogP contribution in [-0.2, 0) is 16.0 Å². The van der Waals surface area contributed by atoms with Gasteiger partial charge in [-0.25, -0.2) is 0 Å². The van der Waals surface area contributed by atoms with E-state index in [-0.39, 0.29) is 5.97 Å². The van der Waals surface area contributed by atoms with Crippen LogP contribution in [0.15, 0.2) is 40.9 Å². The second kappa shape index (κ2) is 4.66. The van der Waals surface area contributed by atoms with Crippen molar-refractivity contribution in [2.75, 3.05) is 7.11 Å². The fourth-order valence-electron chi connectivity index (χ4n) is 1.71. The Morgan fingerprint density at radius 1 is 1.19 bits per heavy atom. The zero-order valence-corrected chi connectivity index (χ0v) is 10.5. The molecule has 0 unspecified atom stereocenters. The van der Waals surface area contributed by atoms with E-state index in [4.69, 9.17) is 0 Å². The number of halogens is 1. The summed E-state index contributed by atoms with van der Waals surface area (Å²) in [6.45, 7) is 0. The Hall–Kier alpha value is -1.35. The van der Waals surface area contributed by atoms with Crippen LogP contribution in [0.3, 0.4) is 0 Å². The maximum absolute atomic E-state index is 11.3. The molecule has 0 saturated heterocycles. The van der Waals surface area contributed by atoms with Crippen LogP contribution in [0.5, 0.6) is 0 Å². The van der Waals surface area contributed by atoms with Gasteiger partial charge in [0, 0.05) is 4.47 Å². The summed E-state index contributed by atoms with van der Waals surface area (Å²) >= 11 is 3.50. The molecule has 0 aliphatic rings. The number of hydrogen-bond donors (Lipinski definition) is 0. The highest BCUT2D eigenvalue weighted by molar-refractivity contribution is 9.10. The summed E-state index contributed by atoms with van der Waals surface area (Å²) in [5.41, 5.74) is 0.991. The second-order valence-electron chi connectivity index (χ2n) is 3.51. The molecule has 82 valence electrons. The fourth-order valence-corrected chi connectivity index (χ4v) is 2.18. The van der Waals surface area contributed by atoms with Gasteiger partial charge in [0.25, 0.3) is 0 Å². The van der Waals surface area contributed by atoms with Crippen LogP contribution in [0.25, 0.3) is 10.8 Å². The number of hydrogen-bond acceptors (Lipinski definition) is 2. The molecule has 2 nitrogen and oxygen atoms in total. The third kappa shape index (κ3) is 2.09. The quantitative estimate of drug-likeness (QED) is 0.788. The monoisotopic (exact) mass is 278 g/mol. The van der Waals surface area contributed by atoms with Crippen molar-refractivity contribution in [2.24, 2.45) is 0 Å². The highest BCUT2D eigenvalue weighted by Gasteiger charge is 2.08. The first-order valence-electron chi connectivity index (χ1n) is 4.95. The lowest BCUT2D eigenvalue weighted by Crippen LogP contribution is -2.04. The Morgan fingerprint density at radius 3 is 2.56 bits per heavy atom. The zero-order valence-electron chi connectivity index (χ0n) is 8.87. The smallest absolute Gasteiger partial charge is 0.309 e. The maximum atomic E-state index is 11.3. The van der Waals surface area contributed by atoms with Gasteiger partial charge >= 0.3 is 5.97 Å². The van der Waals surface area contributed by atoms with Gasteiger partial charge in [0.05, 0.1) is 13.5 Å².